The fourth-order valence-electron chi connectivity index (χ4n) is 1.21. The number of carbonyl (C=O) groups is 2. The Labute approximate surface area is 115 Å². The maximum Gasteiger partial charge on any atom is 0.451 e. The summed E-state index contributed by atoms with van der Waals surface area (Å²) in [7, 11) is 1.34. The van der Waals surface area contributed by atoms with Gasteiger partial charge in [0.2, 0.25) is 5.91 Å². The molecule has 0 unspecified atom stereocenters. The average Bonchev–Trinajstić information content (AvgIpc) is 2.36. The Hall–Kier alpha value is -1.57. The molecule has 1 N–H and O–H groups in total. The lowest BCUT2D eigenvalue weighted by Crippen LogP contribution is -2.38. The van der Waals surface area contributed by atoms with Crippen LogP contribution in [0.15, 0.2) is 24.3 Å². The monoisotopic (exact) mass is 339 g/mol. The van der Waals surface area contributed by atoms with Crippen LogP contribution >= 0.6 is 15.9 Å². The van der Waals surface area contributed by atoms with Gasteiger partial charge in [0, 0.05) is 0 Å². The van der Waals surface area contributed by atoms with Crippen molar-refractivity contribution in [3.63, 3.8) is 0 Å². The van der Waals surface area contributed by atoms with E-state index in [4.69, 9.17) is 4.74 Å². The maximum absolute atomic E-state index is 12.2. The number of rotatable bonds is 4. The van der Waals surface area contributed by atoms with E-state index in [-0.39, 0.29) is 11.4 Å². The lowest BCUT2D eigenvalue weighted by Gasteiger charge is -2.13. The van der Waals surface area contributed by atoms with E-state index in [9.17, 15) is 22.8 Å². The summed E-state index contributed by atoms with van der Waals surface area (Å²) >= 11 is 2.43. The summed E-state index contributed by atoms with van der Waals surface area (Å²) < 4.78 is 41.4. The second-order valence-corrected chi connectivity index (χ2v) is 4.33. The van der Waals surface area contributed by atoms with E-state index < -0.39 is 22.7 Å². The molecule has 8 heteroatoms. The van der Waals surface area contributed by atoms with Crippen molar-refractivity contribution >= 4 is 33.3 Å². The van der Waals surface area contributed by atoms with Crippen LogP contribution in [0.3, 0.4) is 0 Å². The van der Waals surface area contributed by atoms with Crippen molar-refractivity contribution in [2.75, 3.05) is 12.4 Å². The Balaban J connectivity index is 2.83. The molecular formula is C11H9BrF3NO3. The largest absolute Gasteiger partial charge is 0.495 e. The minimum Gasteiger partial charge on any atom is -0.495 e. The molecule has 104 valence electrons. The standard InChI is InChI=1S/C11H9BrF3NO3/c1-19-7-5-3-2-4-6(7)16-10(18)8(12)9(17)11(13,14)15/h2-5,8H,1H3,(H,16,18)/t8-/m0/s1. The second-order valence-electron chi connectivity index (χ2n) is 3.41. The van der Waals surface area contributed by atoms with Gasteiger partial charge >= 0.3 is 6.18 Å². The Bertz CT molecular complexity index is 490. The number of para-hydroxylation sites is 2. The zero-order valence-corrected chi connectivity index (χ0v) is 11.2. The van der Waals surface area contributed by atoms with Crippen LogP contribution in [-0.2, 0) is 9.59 Å². The van der Waals surface area contributed by atoms with E-state index in [1.165, 1.54) is 19.2 Å². The first-order chi connectivity index (χ1) is 8.77. The fourth-order valence-corrected chi connectivity index (χ4v) is 1.58. The van der Waals surface area contributed by atoms with Gasteiger partial charge in [-0.05, 0) is 12.1 Å². The summed E-state index contributed by atoms with van der Waals surface area (Å²) in [6.45, 7) is 0. The third-order valence-corrected chi connectivity index (χ3v) is 2.94. The first kappa shape index (κ1) is 15.5. The molecule has 0 aliphatic rings. The van der Waals surface area contributed by atoms with Gasteiger partial charge in [-0.1, -0.05) is 28.1 Å². The second kappa shape index (κ2) is 6.05. The zero-order chi connectivity index (χ0) is 14.6. The zero-order valence-electron chi connectivity index (χ0n) is 9.62. The topological polar surface area (TPSA) is 55.4 Å². The summed E-state index contributed by atoms with van der Waals surface area (Å²) in [6.07, 6.45) is -5.08. The van der Waals surface area contributed by atoms with Crippen LogP contribution < -0.4 is 10.1 Å². The SMILES string of the molecule is COc1ccccc1NC(=O)[C@@H](Br)C(=O)C(F)(F)F. The van der Waals surface area contributed by atoms with E-state index >= 15 is 0 Å². The molecule has 1 amide bonds. The first-order valence-electron chi connectivity index (χ1n) is 4.96. The molecule has 1 aromatic carbocycles. The summed E-state index contributed by atoms with van der Waals surface area (Å²) in [5.74, 6) is -3.01. The van der Waals surface area contributed by atoms with Gasteiger partial charge in [-0.2, -0.15) is 13.2 Å². The van der Waals surface area contributed by atoms with Crippen LogP contribution in [0.1, 0.15) is 0 Å². The van der Waals surface area contributed by atoms with E-state index in [0.717, 1.165) is 0 Å². The molecule has 0 heterocycles. The molecule has 1 aromatic rings. The van der Waals surface area contributed by atoms with Crippen molar-refractivity contribution in [3.8, 4) is 5.75 Å². The predicted molar refractivity (Wildman–Crippen MR) is 65.4 cm³/mol. The molecule has 0 radical (unpaired) electrons. The Morgan fingerprint density at radius 2 is 1.89 bits per heavy atom. The number of amides is 1. The number of hydrogen-bond acceptors (Lipinski definition) is 3. The molecule has 0 aliphatic heterocycles. The summed E-state index contributed by atoms with van der Waals surface area (Å²) in [4.78, 5) is 20.4. The van der Waals surface area contributed by atoms with Gasteiger partial charge in [0.1, 0.15) is 5.75 Å². The van der Waals surface area contributed by atoms with Gasteiger partial charge in [0.05, 0.1) is 12.8 Å². The highest BCUT2D eigenvalue weighted by Crippen LogP contribution is 2.26. The molecule has 1 rings (SSSR count). The number of carbonyl (C=O) groups excluding carboxylic acids is 2. The quantitative estimate of drug-likeness (QED) is 0.677. The van der Waals surface area contributed by atoms with Crippen molar-refractivity contribution < 1.29 is 27.5 Å². The van der Waals surface area contributed by atoms with Crippen molar-refractivity contribution in [3.05, 3.63) is 24.3 Å². The molecule has 0 aromatic heterocycles. The molecule has 0 aliphatic carbocycles. The third-order valence-electron chi connectivity index (χ3n) is 2.10. The molecule has 1 atom stereocenters. The van der Waals surface area contributed by atoms with Crippen molar-refractivity contribution in [2.45, 2.75) is 11.0 Å². The fraction of sp³-hybridized carbons (Fsp3) is 0.273. The summed E-state index contributed by atoms with van der Waals surface area (Å²) in [5.41, 5.74) is 0.175. The van der Waals surface area contributed by atoms with Crippen molar-refractivity contribution in [2.24, 2.45) is 0 Å². The Kier molecular flexibility index (Phi) is 4.93. The van der Waals surface area contributed by atoms with Crippen LogP contribution in [0, 0.1) is 0 Å². The van der Waals surface area contributed by atoms with Gasteiger partial charge in [0.25, 0.3) is 5.78 Å². The Morgan fingerprint density at radius 1 is 1.32 bits per heavy atom. The molecule has 19 heavy (non-hydrogen) atoms. The highest BCUT2D eigenvalue weighted by molar-refractivity contribution is 9.10. The van der Waals surface area contributed by atoms with Crippen LogP contribution in [-0.4, -0.2) is 29.8 Å². The third kappa shape index (κ3) is 3.95. The van der Waals surface area contributed by atoms with E-state index in [1.54, 1.807) is 12.1 Å². The van der Waals surface area contributed by atoms with Crippen LogP contribution in [0.2, 0.25) is 0 Å². The minimum absolute atomic E-state index is 0.175. The van der Waals surface area contributed by atoms with Crippen LogP contribution in [0.25, 0.3) is 0 Å². The lowest BCUT2D eigenvalue weighted by molar-refractivity contribution is -0.170. The first-order valence-corrected chi connectivity index (χ1v) is 5.88. The Morgan fingerprint density at radius 3 is 2.42 bits per heavy atom. The number of halogens is 4. The summed E-state index contributed by atoms with van der Waals surface area (Å²) in [6, 6.07) is 6.15. The highest BCUT2D eigenvalue weighted by Gasteiger charge is 2.45. The molecule has 0 bridgehead atoms. The number of hydrogen-bond donors (Lipinski definition) is 1. The minimum atomic E-state index is -5.08. The molecule has 0 fully saturated rings. The van der Waals surface area contributed by atoms with E-state index in [2.05, 4.69) is 21.2 Å². The van der Waals surface area contributed by atoms with Crippen molar-refractivity contribution in [1.82, 2.24) is 0 Å². The number of anilines is 1. The number of alkyl halides is 4. The van der Waals surface area contributed by atoms with E-state index in [0.29, 0.717) is 0 Å². The molecule has 0 saturated heterocycles. The van der Waals surface area contributed by atoms with Crippen molar-refractivity contribution in [1.29, 1.82) is 0 Å². The van der Waals surface area contributed by atoms with Crippen LogP contribution in [0.5, 0.6) is 5.75 Å². The maximum atomic E-state index is 12.2. The smallest absolute Gasteiger partial charge is 0.451 e. The predicted octanol–water partition coefficient (Wildman–Crippen LogP) is 2.53. The molecule has 0 spiro atoms. The van der Waals surface area contributed by atoms with Crippen LogP contribution in [0.4, 0.5) is 18.9 Å². The normalized spacial score (nSPS) is 12.7. The molecular weight excluding hydrogens is 331 g/mol. The molecule has 0 saturated carbocycles. The number of ether oxygens (including phenoxy) is 1. The number of methoxy groups -OCH3 is 1. The number of ketones is 1. The van der Waals surface area contributed by atoms with Gasteiger partial charge in [-0.15, -0.1) is 0 Å². The van der Waals surface area contributed by atoms with Gasteiger partial charge in [-0.3, -0.25) is 9.59 Å². The highest BCUT2D eigenvalue weighted by atomic mass is 79.9. The van der Waals surface area contributed by atoms with E-state index in [1.807, 2.05) is 0 Å². The molecule has 4 nitrogen and oxygen atoms in total. The van der Waals surface area contributed by atoms with Gasteiger partial charge in [-0.25, -0.2) is 0 Å². The van der Waals surface area contributed by atoms with Gasteiger partial charge < -0.3 is 10.1 Å². The summed E-state index contributed by atoms with van der Waals surface area (Å²) in [5, 5.41) is 2.18. The van der Waals surface area contributed by atoms with Gasteiger partial charge in [0.15, 0.2) is 4.83 Å². The number of nitrogens with one attached hydrogen (secondary N) is 1. The number of benzene rings is 1. The average molecular weight is 340 g/mol. The number of Topliss-reactive ketones (excluding diaryl/α,β-unsaturated/α-hetero) is 1. The lowest BCUT2D eigenvalue weighted by atomic mass is 10.2.